The Morgan fingerprint density at radius 2 is 1.61 bits per heavy atom. The fourth-order valence-corrected chi connectivity index (χ4v) is 3.33. The van der Waals surface area contributed by atoms with Crippen LogP contribution in [-0.4, -0.2) is 13.0 Å². The standard InChI is InChI=1S/C18H24O3S.K/c1-3-5-7-14-9-10-15-13-16(22(19,20)21)11-12-18(15)17(14)8-6-4-2;/h9-13H,3-8H2,1-2H3,(H,19,20,21);/q;+1/p-1. The largest absolute Gasteiger partial charge is 1.00 e. The molecule has 3 nitrogen and oxygen atoms in total. The molecule has 0 aliphatic carbocycles. The van der Waals surface area contributed by atoms with Gasteiger partial charge in [0.15, 0.2) is 0 Å². The quantitative estimate of drug-likeness (QED) is 0.556. The zero-order valence-electron chi connectivity index (χ0n) is 14.3. The monoisotopic (exact) mass is 358 g/mol. The number of hydrogen-bond donors (Lipinski definition) is 0. The first-order valence-corrected chi connectivity index (χ1v) is 9.38. The maximum atomic E-state index is 11.2. The molecule has 0 fully saturated rings. The first-order chi connectivity index (χ1) is 10.5. The first-order valence-electron chi connectivity index (χ1n) is 7.97. The zero-order valence-corrected chi connectivity index (χ0v) is 18.2. The molecule has 2 rings (SSSR count). The van der Waals surface area contributed by atoms with Crippen molar-refractivity contribution in [2.24, 2.45) is 0 Å². The van der Waals surface area contributed by atoms with E-state index in [0.29, 0.717) is 0 Å². The molecule has 0 radical (unpaired) electrons. The fourth-order valence-electron chi connectivity index (χ4n) is 2.82. The molecule has 2 aromatic carbocycles. The van der Waals surface area contributed by atoms with Gasteiger partial charge in [0.1, 0.15) is 10.1 Å². The van der Waals surface area contributed by atoms with Crippen molar-refractivity contribution < 1.29 is 64.4 Å². The average molecular weight is 359 g/mol. The maximum Gasteiger partial charge on any atom is 1.00 e. The van der Waals surface area contributed by atoms with Crippen molar-refractivity contribution in [3.63, 3.8) is 0 Å². The minimum absolute atomic E-state index is 0. The van der Waals surface area contributed by atoms with Gasteiger partial charge in [-0.15, -0.1) is 0 Å². The third kappa shape index (κ3) is 5.63. The van der Waals surface area contributed by atoms with E-state index in [0.717, 1.165) is 49.3 Å². The number of hydrogen-bond acceptors (Lipinski definition) is 3. The molecule has 0 amide bonds. The molecule has 0 bridgehead atoms. The maximum absolute atomic E-state index is 11.2. The molecule has 0 heterocycles. The van der Waals surface area contributed by atoms with Crippen molar-refractivity contribution in [1.29, 1.82) is 0 Å². The zero-order chi connectivity index (χ0) is 16.2. The molecule has 0 spiro atoms. The van der Waals surface area contributed by atoms with E-state index >= 15 is 0 Å². The smallest absolute Gasteiger partial charge is 0.744 e. The van der Waals surface area contributed by atoms with E-state index < -0.39 is 10.1 Å². The van der Waals surface area contributed by atoms with Crippen molar-refractivity contribution in [3.8, 4) is 0 Å². The van der Waals surface area contributed by atoms with Crippen LogP contribution in [0.25, 0.3) is 10.8 Å². The Kier molecular flexibility index (Phi) is 8.94. The van der Waals surface area contributed by atoms with Crippen LogP contribution in [0.2, 0.25) is 0 Å². The minimum Gasteiger partial charge on any atom is -0.744 e. The molecule has 2 aromatic rings. The van der Waals surface area contributed by atoms with Crippen LogP contribution in [0, 0.1) is 0 Å². The molecule has 0 aromatic heterocycles. The van der Waals surface area contributed by atoms with Crippen LogP contribution in [0.15, 0.2) is 35.2 Å². The van der Waals surface area contributed by atoms with Crippen LogP contribution in [0.1, 0.15) is 50.7 Å². The van der Waals surface area contributed by atoms with Gasteiger partial charge in [0.2, 0.25) is 0 Å². The fraction of sp³-hybridized carbons (Fsp3) is 0.444. The van der Waals surface area contributed by atoms with E-state index in [-0.39, 0.29) is 56.3 Å². The van der Waals surface area contributed by atoms with Gasteiger partial charge >= 0.3 is 51.4 Å². The van der Waals surface area contributed by atoms with Gasteiger partial charge in [-0.25, -0.2) is 8.42 Å². The average Bonchev–Trinajstić information content (AvgIpc) is 2.49. The number of fused-ring (bicyclic) bond motifs is 1. The van der Waals surface area contributed by atoms with Gasteiger partial charge in [0, 0.05) is 0 Å². The number of rotatable bonds is 7. The van der Waals surface area contributed by atoms with Gasteiger partial charge in [-0.2, -0.15) is 0 Å². The molecular formula is C18H23KO3S. The van der Waals surface area contributed by atoms with E-state index in [1.54, 1.807) is 6.07 Å². The van der Waals surface area contributed by atoms with Crippen LogP contribution in [0.3, 0.4) is 0 Å². The predicted octanol–water partition coefficient (Wildman–Crippen LogP) is 1.43. The van der Waals surface area contributed by atoms with Crippen LogP contribution < -0.4 is 51.4 Å². The Morgan fingerprint density at radius 1 is 0.957 bits per heavy atom. The van der Waals surface area contributed by atoms with E-state index in [4.69, 9.17) is 0 Å². The predicted molar refractivity (Wildman–Crippen MR) is 89.1 cm³/mol. The summed E-state index contributed by atoms with van der Waals surface area (Å²) in [5, 5.41) is 1.91. The van der Waals surface area contributed by atoms with Crippen LogP contribution >= 0.6 is 0 Å². The third-order valence-electron chi connectivity index (χ3n) is 4.07. The van der Waals surface area contributed by atoms with E-state index in [9.17, 15) is 13.0 Å². The summed E-state index contributed by atoms with van der Waals surface area (Å²) >= 11 is 0. The van der Waals surface area contributed by atoms with Crippen LogP contribution in [-0.2, 0) is 23.0 Å². The SMILES string of the molecule is CCCCc1ccc2cc(S(=O)(=O)[O-])ccc2c1CCCC.[K+]. The van der Waals surface area contributed by atoms with Crippen molar-refractivity contribution in [1.82, 2.24) is 0 Å². The third-order valence-corrected chi connectivity index (χ3v) is 4.90. The topological polar surface area (TPSA) is 57.2 Å². The summed E-state index contributed by atoms with van der Waals surface area (Å²) in [6.45, 7) is 4.34. The molecule has 0 atom stereocenters. The molecule has 0 N–H and O–H groups in total. The molecule has 5 heteroatoms. The van der Waals surface area contributed by atoms with Gasteiger partial charge in [-0.05, 0) is 59.7 Å². The Morgan fingerprint density at radius 3 is 2.22 bits per heavy atom. The summed E-state index contributed by atoms with van der Waals surface area (Å²) in [5.74, 6) is 0. The second-order valence-corrected chi connectivity index (χ2v) is 7.13. The van der Waals surface area contributed by atoms with Crippen molar-refractivity contribution >= 4 is 20.9 Å². The summed E-state index contributed by atoms with van der Waals surface area (Å²) in [5.41, 5.74) is 2.66. The van der Waals surface area contributed by atoms with Gasteiger partial charge < -0.3 is 4.55 Å². The Hall–Kier alpha value is 0.246. The van der Waals surface area contributed by atoms with E-state index in [1.165, 1.54) is 23.3 Å². The summed E-state index contributed by atoms with van der Waals surface area (Å²) in [4.78, 5) is -0.150. The second-order valence-electron chi connectivity index (χ2n) is 5.75. The van der Waals surface area contributed by atoms with Crippen LogP contribution in [0.4, 0.5) is 0 Å². The van der Waals surface area contributed by atoms with E-state index in [2.05, 4.69) is 19.9 Å². The molecule has 0 saturated carbocycles. The molecule has 0 aliphatic heterocycles. The van der Waals surface area contributed by atoms with Gasteiger partial charge in [-0.3, -0.25) is 0 Å². The number of aryl methyl sites for hydroxylation is 2. The Labute approximate surface area is 182 Å². The molecule has 0 aliphatic rings. The van der Waals surface area contributed by atoms with Gasteiger partial charge in [-0.1, -0.05) is 44.9 Å². The molecule has 120 valence electrons. The molecular weight excluding hydrogens is 335 g/mol. The van der Waals surface area contributed by atoms with Gasteiger partial charge in [0.25, 0.3) is 0 Å². The van der Waals surface area contributed by atoms with Crippen molar-refractivity contribution in [2.75, 3.05) is 0 Å². The Balaban J connectivity index is 0.00000264. The summed E-state index contributed by atoms with van der Waals surface area (Å²) in [6.07, 6.45) is 6.58. The summed E-state index contributed by atoms with van der Waals surface area (Å²) in [6, 6.07) is 8.75. The number of unbranched alkanes of at least 4 members (excludes halogenated alkanes) is 2. The Bertz CT molecular complexity index is 754. The first kappa shape index (κ1) is 21.3. The molecule has 23 heavy (non-hydrogen) atoms. The molecule has 0 saturated heterocycles. The summed E-state index contributed by atoms with van der Waals surface area (Å²) in [7, 11) is -4.40. The summed E-state index contributed by atoms with van der Waals surface area (Å²) < 4.78 is 33.6. The van der Waals surface area contributed by atoms with E-state index in [1.807, 2.05) is 6.07 Å². The number of benzene rings is 2. The normalized spacial score (nSPS) is 11.4. The molecule has 0 unspecified atom stereocenters. The van der Waals surface area contributed by atoms with Gasteiger partial charge in [0.05, 0.1) is 4.90 Å². The van der Waals surface area contributed by atoms with Crippen molar-refractivity contribution in [2.45, 2.75) is 57.3 Å². The van der Waals surface area contributed by atoms with Crippen molar-refractivity contribution in [3.05, 3.63) is 41.5 Å². The minimum atomic E-state index is -4.40. The van der Waals surface area contributed by atoms with Crippen LogP contribution in [0.5, 0.6) is 0 Å². The second kappa shape index (κ2) is 9.66.